The summed E-state index contributed by atoms with van der Waals surface area (Å²) >= 11 is 0. The Bertz CT molecular complexity index is 92.2. The van der Waals surface area contributed by atoms with Gasteiger partial charge in [0, 0.05) is 6.42 Å². The summed E-state index contributed by atoms with van der Waals surface area (Å²) < 4.78 is 11.1. The molecule has 0 saturated carbocycles. The molecule has 2 saturated heterocycles. The van der Waals surface area contributed by atoms with Gasteiger partial charge < -0.3 is 14.8 Å². The Balaban J connectivity index is 1.93. The van der Waals surface area contributed by atoms with Crippen LogP contribution >= 0.6 is 0 Å². The van der Waals surface area contributed by atoms with Gasteiger partial charge in [0.2, 0.25) is 0 Å². The number of hydrogen-bond acceptors (Lipinski definition) is 2. The monoisotopic (exact) mass is 144 g/mol. The lowest BCUT2D eigenvalue weighted by molar-refractivity contribution is -0.675. The number of rotatable bonds is 0. The van der Waals surface area contributed by atoms with Crippen LogP contribution in [0.25, 0.3) is 0 Å². The SMILES string of the molecule is C1C[C@H]2OCCO[C@@H]2C[NH2+]1. The number of ether oxygens (including phenoxy) is 2. The molecule has 2 heterocycles. The van der Waals surface area contributed by atoms with Crippen LogP contribution in [0.4, 0.5) is 0 Å². The lowest BCUT2D eigenvalue weighted by Crippen LogP contribution is -2.90. The lowest BCUT2D eigenvalue weighted by Gasteiger charge is -2.33. The fourth-order valence-electron chi connectivity index (χ4n) is 1.67. The van der Waals surface area contributed by atoms with Crippen LogP contribution in [-0.2, 0) is 9.47 Å². The van der Waals surface area contributed by atoms with Gasteiger partial charge in [0.05, 0.1) is 25.9 Å². The number of hydrogen-bond donors (Lipinski definition) is 1. The van der Waals surface area contributed by atoms with Crippen LogP contribution in [0.3, 0.4) is 0 Å². The van der Waals surface area contributed by atoms with E-state index in [1.165, 1.54) is 6.54 Å². The highest BCUT2D eigenvalue weighted by atomic mass is 16.6. The third-order valence-corrected chi connectivity index (χ3v) is 2.22. The van der Waals surface area contributed by atoms with E-state index in [9.17, 15) is 0 Å². The summed E-state index contributed by atoms with van der Waals surface area (Å²) in [6.07, 6.45) is 1.94. The number of piperidine rings is 1. The van der Waals surface area contributed by atoms with Gasteiger partial charge in [-0.05, 0) is 0 Å². The molecule has 2 rings (SSSR count). The van der Waals surface area contributed by atoms with Gasteiger partial charge >= 0.3 is 0 Å². The average molecular weight is 144 g/mol. The van der Waals surface area contributed by atoms with Crippen LogP contribution in [0.15, 0.2) is 0 Å². The maximum atomic E-state index is 5.54. The summed E-state index contributed by atoms with van der Waals surface area (Å²) in [5.41, 5.74) is 0. The van der Waals surface area contributed by atoms with Crippen molar-refractivity contribution < 1.29 is 14.8 Å². The highest BCUT2D eigenvalue weighted by Crippen LogP contribution is 2.12. The van der Waals surface area contributed by atoms with Crippen molar-refractivity contribution in [2.45, 2.75) is 18.6 Å². The molecule has 0 aromatic rings. The van der Waals surface area contributed by atoms with Crippen molar-refractivity contribution in [3.63, 3.8) is 0 Å². The fraction of sp³-hybridized carbons (Fsp3) is 1.00. The molecular weight excluding hydrogens is 130 g/mol. The van der Waals surface area contributed by atoms with Gasteiger partial charge in [0.25, 0.3) is 0 Å². The van der Waals surface area contributed by atoms with Crippen LogP contribution in [0.1, 0.15) is 6.42 Å². The first-order valence-electron chi connectivity index (χ1n) is 4.02. The van der Waals surface area contributed by atoms with E-state index in [0.717, 1.165) is 26.2 Å². The molecule has 0 amide bonds. The van der Waals surface area contributed by atoms with E-state index >= 15 is 0 Å². The van der Waals surface area contributed by atoms with Crippen molar-refractivity contribution in [1.82, 2.24) is 0 Å². The van der Waals surface area contributed by atoms with Crippen molar-refractivity contribution >= 4 is 0 Å². The molecule has 2 aliphatic rings. The summed E-state index contributed by atoms with van der Waals surface area (Å²) in [6, 6.07) is 0. The van der Waals surface area contributed by atoms with Gasteiger partial charge in [-0.1, -0.05) is 0 Å². The van der Waals surface area contributed by atoms with Crippen molar-refractivity contribution in [1.29, 1.82) is 0 Å². The van der Waals surface area contributed by atoms with Gasteiger partial charge in [-0.25, -0.2) is 0 Å². The van der Waals surface area contributed by atoms with Crippen LogP contribution in [0.5, 0.6) is 0 Å². The molecular formula is C7H14NO2+. The second-order valence-electron chi connectivity index (χ2n) is 2.92. The Labute approximate surface area is 60.7 Å². The quantitative estimate of drug-likeness (QED) is 0.460. The number of nitrogens with two attached hydrogens (primary N) is 1. The predicted molar refractivity (Wildman–Crippen MR) is 35.8 cm³/mol. The smallest absolute Gasteiger partial charge is 0.133 e. The third kappa shape index (κ3) is 1.17. The zero-order valence-corrected chi connectivity index (χ0v) is 6.08. The zero-order chi connectivity index (χ0) is 6.81. The second-order valence-corrected chi connectivity index (χ2v) is 2.92. The minimum Gasteiger partial charge on any atom is -0.373 e. The van der Waals surface area contributed by atoms with E-state index in [2.05, 4.69) is 5.32 Å². The van der Waals surface area contributed by atoms with Gasteiger partial charge in [-0.2, -0.15) is 0 Å². The highest BCUT2D eigenvalue weighted by molar-refractivity contribution is 4.74. The predicted octanol–water partition coefficient (Wildman–Crippen LogP) is -1.26. The molecule has 2 atom stereocenters. The molecule has 3 nitrogen and oxygen atoms in total. The molecule has 0 aromatic heterocycles. The molecule has 0 unspecified atom stereocenters. The minimum absolute atomic E-state index is 0.377. The van der Waals surface area contributed by atoms with E-state index in [-0.39, 0.29) is 0 Å². The minimum atomic E-state index is 0.377. The summed E-state index contributed by atoms with van der Waals surface area (Å²) in [6.45, 7) is 3.87. The van der Waals surface area contributed by atoms with Crippen LogP contribution in [-0.4, -0.2) is 38.5 Å². The largest absolute Gasteiger partial charge is 0.373 e. The van der Waals surface area contributed by atoms with Gasteiger partial charge in [-0.15, -0.1) is 0 Å². The molecule has 10 heavy (non-hydrogen) atoms. The van der Waals surface area contributed by atoms with E-state index in [1.807, 2.05) is 0 Å². The summed E-state index contributed by atoms with van der Waals surface area (Å²) in [5, 5.41) is 2.30. The molecule has 0 bridgehead atoms. The molecule has 2 aliphatic heterocycles. The molecule has 0 aromatic carbocycles. The summed E-state index contributed by atoms with van der Waals surface area (Å²) in [7, 11) is 0. The van der Waals surface area contributed by atoms with Crippen molar-refractivity contribution in [2.24, 2.45) is 0 Å². The van der Waals surface area contributed by atoms with Gasteiger partial charge in [0.15, 0.2) is 0 Å². The Kier molecular flexibility index (Phi) is 1.88. The molecule has 3 heteroatoms. The summed E-state index contributed by atoms with van der Waals surface area (Å²) in [4.78, 5) is 0. The summed E-state index contributed by atoms with van der Waals surface area (Å²) in [5.74, 6) is 0. The van der Waals surface area contributed by atoms with Gasteiger partial charge in [-0.3, -0.25) is 0 Å². The Morgan fingerprint density at radius 3 is 2.70 bits per heavy atom. The van der Waals surface area contributed by atoms with E-state index in [1.54, 1.807) is 0 Å². The van der Waals surface area contributed by atoms with Gasteiger partial charge in [0.1, 0.15) is 12.6 Å². The van der Waals surface area contributed by atoms with Crippen LogP contribution in [0, 0.1) is 0 Å². The molecule has 2 N–H and O–H groups in total. The first kappa shape index (κ1) is 6.58. The van der Waals surface area contributed by atoms with Crippen LogP contribution in [0.2, 0.25) is 0 Å². The molecule has 2 fully saturated rings. The third-order valence-electron chi connectivity index (χ3n) is 2.22. The van der Waals surface area contributed by atoms with E-state index in [0.29, 0.717) is 12.2 Å². The van der Waals surface area contributed by atoms with Crippen molar-refractivity contribution in [3.8, 4) is 0 Å². The van der Waals surface area contributed by atoms with E-state index < -0.39 is 0 Å². The fourth-order valence-corrected chi connectivity index (χ4v) is 1.67. The first-order valence-corrected chi connectivity index (χ1v) is 4.02. The first-order chi connectivity index (χ1) is 4.97. The normalized spacial score (nSPS) is 40.8. The zero-order valence-electron chi connectivity index (χ0n) is 6.08. The van der Waals surface area contributed by atoms with Crippen molar-refractivity contribution in [3.05, 3.63) is 0 Å². The van der Waals surface area contributed by atoms with E-state index in [4.69, 9.17) is 9.47 Å². The number of quaternary nitrogens is 1. The average Bonchev–Trinajstić information content (AvgIpc) is 2.05. The molecule has 0 spiro atoms. The second kappa shape index (κ2) is 2.86. The maximum Gasteiger partial charge on any atom is 0.133 e. The molecule has 0 aliphatic carbocycles. The number of fused-ring (bicyclic) bond motifs is 1. The van der Waals surface area contributed by atoms with Crippen LogP contribution < -0.4 is 5.32 Å². The Morgan fingerprint density at radius 2 is 1.90 bits per heavy atom. The Morgan fingerprint density at radius 1 is 1.10 bits per heavy atom. The standard InChI is InChI=1S/C7H13NO2/c1-2-8-5-7-6(1)9-3-4-10-7/h6-8H,1-5H2/p+1/t6-,7-/m1/s1. The topological polar surface area (TPSA) is 35.1 Å². The lowest BCUT2D eigenvalue weighted by atomic mass is 10.1. The maximum absolute atomic E-state index is 5.54. The highest BCUT2D eigenvalue weighted by Gasteiger charge is 2.31. The molecule has 58 valence electrons. The Hall–Kier alpha value is -0.120. The van der Waals surface area contributed by atoms with Crippen molar-refractivity contribution in [2.75, 3.05) is 26.3 Å². The molecule has 0 radical (unpaired) electrons.